The van der Waals surface area contributed by atoms with Crippen LogP contribution in [0.25, 0.3) is 0 Å². The van der Waals surface area contributed by atoms with E-state index in [1.165, 1.54) is 20.3 Å². The van der Waals surface area contributed by atoms with Crippen LogP contribution in [0.15, 0.2) is 34.9 Å². The van der Waals surface area contributed by atoms with E-state index in [2.05, 4.69) is 15.0 Å². The lowest BCUT2D eigenvalue weighted by atomic mass is 9.72. The average Bonchev–Trinajstić information content (AvgIpc) is 3.40. The Hall–Kier alpha value is -3.33. The summed E-state index contributed by atoms with van der Waals surface area (Å²) >= 11 is 6.44. The summed E-state index contributed by atoms with van der Waals surface area (Å²) < 4.78 is 16.8. The van der Waals surface area contributed by atoms with Gasteiger partial charge < -0.3 is 24.3 Å². The van der Waals surface area contributed by atoms with Crippen molar-refractivity contribution in [2.24, 2.45) is 10.9 Å². The van der Waals surface area contributed by atoms with Gasteiger partial charge in [0, 0.05) is 49.0 Å². The molecule has 0 unspecified atom stereocenters. The lowest BCUT2D eigenvalue weighted by Gasteiger charge is -2.37. The maximum Gasteiger partial charge on any atom is 0.231 e. The number of aromatic nitrogens is 2. The van der Waals surface area contributed by atoms with Gasteiger partial charge in [-0.2, -0.15) is 0 Å². The van der Waals surface area contributed by atoms with Crippen LogP contribution in [-0.4, -0.2) is 58.7 Å². The van der Waals surface area contributed by atoms with Crippen LogP contribution in [0.3, 0.4) is 0 Å². The first kappa shape index (κ1) is 22.8. The van der Waals surface area contributed by atoms with Crippen LogP contribution in [0, 0.1) is 5.92 Å². The van der Waals surface area contributed by atoms with Crippen LogP contribution in [0.4, 0.5) is 0 Å². The number of ether oxygens (including phenoxy) is 3. The van der Waals surface area contributed by atoms with E-state index in [9.17, 15) is 14.7 Å². The number of Topliss-reactive ketones (excluding diaryl/α,β-unsaturated/α-hetero) is 2. The molecule has 10 heteroatoms. The van der Waals surface area contributed by atoms with Gasteiger partial charge in [-0.05, 0) is 6.92 Å². The van der Waals surface area contributed by atoms with Gasteiger partial charge in [0.1, 0.15) is 22.1 Å². The molecule has 0 radical (unpaired) electrons. The summed E-state index contributed by atoms with van der Waals surface area (Å²) in [4.78, 5) is 38.0. The first-order chi connectivity index (χ1) is 15.8. The third kappa shape index (κ3) is 3.47. The normalized spacial score (nSPS) is 22.6. The minimum Gasteiger partial charge on any atom is -0.507 e. The lowest BCUT2D eigenvalue weighted by molar-refractivity contribution is -0.118. The van der Waals surface area contributed by atoms with Crippen molar-refractivity contribution in [3.63, 3.8) is 0 Å². The van der Waals surface area contributed by atoms with Gasteiger partial charge in [0.15, 0.2) is 17.3 Å². The summed E-state index contributed by atoms with van der Waals surface area (Å²) in [5, 5.41) is 11.4. The van der Waals surface area contributed by atoms with E-state index in [0.29, 0.717) is 18.7 Å². The van der Waals surface area contributed by atoms with Crippen molar-refractivity contribution >= 4 is 28.9 Å². The predicted octanol–water partition coefficient (Wildman–Crippen LogP) is 3.52. The number of H-pyrrole nitrogens is 1. The highest BCUT2D eigenvalue weighted by Crippen LogP contribution is 2.54. The van der Waals surface area contributed by atoms with E-state index in [1.54, 1.807) is 26.4 Å². The molecule has 2 aliphatic rings. The molecule has 2 atom stereocenters. The van der Waals surface area contributed by atoms with Gasteiger partial charge in [-0.25, -0.2) is 4.98 Å². The number of hydrogen-bond donors (Lipinski definition) is 2. The summed E-state index contributed by atoms with van der Waals surface area (Å²) in [6.07, 6.45) is 3.83. The minimum absolute atomic E-state index is 0.0103. The quantitative estimate of drug-likeness (QED) is 0.615. The molecule has 1 aliphatic carbocycles. The van der Waals surface area contributed by atoms with Gasteiger partial charge in [0.25, 0.3) is 0 Å². The van der Waals surface area contributed by atoms with E-state index in [4.69, 9.17) is 25.8 Å². The summed E-state index contributed by atoms with van der Waals surface area (Å²) in [5.74, 6) is -1.44. The van der Waals surface area contributed by atoms with Gasteiger partial charge >= 0.3 is 0 Å². The van der Waals surface area contributed by atoms with E-state index in [1.807, 2.05) is 0 Å². The number of aliphatic hydroxyl groups excluding tert-OH is 1. The van der Waals surface area contributed by atoms with Crippen molar-refractivity contribution < 1.29 is 28.9 Å². The molecule has 0 fully saturated rings. The highest BCUT2D eigenvalue weighted by molar-refractivity contribution is 6.35. The molecular formula is C23H24ClN3O6. The number of aliphatic hydroxyl groups is 1. The van der Waals surface area contributed by atoms with E-state index < -0.39 is 23.1 Å². The topological polar surface area (TPSA) is 123 Å². The maximum atomic E-state index is 13.7. The number of imidazole rings is 1. The molecule has 9 nitrogen and oxygen atoms in total. The van der Waals surface area contributed by atoms with Gasteiger partial charge in [-0.1, -0.05) is 18.5 Å². The number of halogens is 1. The van der Waals surface area contributed by atoms with Crippen molar-refractivity contribution in [1.29, 1.82) is 0 Å². The van der Waals surface area contributed by atoms with Crippen LogP contribution in [0.2, 0.25) is 5.02 Å². The molecule has 0 amide bonds. The summed E-state index contributed by atoms with van der Waals surface area (Å²) in [7, 11) is 2.84. The molecule has 174 valence electrons. The summed E-state index contributed by atoms with van der Waals surface area (Å²) in [6, 6.07) is 1.49. The van der Waals surface area contributed by atoms with Crippen molar-refractivity contribution in [2.45, 2.75) is 32.3 Å². The number of hydrogen-bond acceptors (Lipinski definition) is 8. The highest BCUT2D eigenvalue weighted by Gasteiger charge is 2.61. The Labute approximate surface area is 195 Å². The Balaban J connectivity index is 1.79. The van der Waals surface area contributed by atoms with Crippen LogP contribution in [-0.2, 0) is 11.2 Å². The number of carbonyl (C=O) groups is 2. The minimum atomic E-state index is -1.81. The zero-order valence-corrected chi connectivity index (χ0v) is 19.4. The average molecular weight is 474 g/mol. The second-order valence-electron chi connectivity index (χ2n) is 8.01. The van der Waals surface area contributed by atoms with Gasteiger partial charge in [-0.15, -0.1) is 0 Å². The number of allylic oxidation sites excluding steroid dienone is 1. The number of nitrogens with zero attached hydrogens (tertiary/aromatic N) is 2. The smallest absolute Gasteiger partial charge is 0.231 e. The third-order valence-corrected chi connectivity index (χ3v) is 6.48. The number of methoxy groups -OCH3 is 2. The van der Waals surface area contributed by atoms with Crippen molar-refractivity contribution in [3.8, 4) is 17.2 Å². The number of benzene rings is 1. The number of ketones is 2. The maximum absolute atomic E-state index is 13.7. The molecule has 4 rings (SSSR count). The SMILES string of the molecule is COc1cc(OC)c2c(c1Cl)O[C@]1(C2=O)C(O)=C(C(C)=NCCc2cnc[nH]2)C(=O)C[C@H]1C. The Bertz CT molecular complexity index is 1190. The van der Waals surface area contributed by atoms with Crippen LogP contribution < -0.4 is 14.2 Å². The fourth-order valence-electron chi connectivity index (χ4n) is 4.37. The number of rotatable bonds is 6. The Kier molecular flexibility index (Phi) is 5.92. The largest absolute Gasteiger partial charge is 0.507 e. The molecule has 33 heavy (non-hydrogen) atoms. The van der Waals surface area contributed by atoms with Crippen LogP contribution in [0.5, 0.6) is 17.2 Å². The van der Waals surface area contributed by atoms with Gasteiger partial charge in [0.05, 0.1) is 26.1 Å². The first-order valence-corrected chi connectivity index (χ1v) is 10.8. The summed E-state index contributed by atoms with van der Waals surface area (Å²) in [5.41, 5.74) is -0.503. The Morgan fingerprint density at radius 3 is 2.73 bits per heavy atom. The van der Waals surface area contributed by atoms with Crippen LogP contribution in [0.1, 0.15) is 36.3 Å². The molecule has 2 aromatic rings. The zero-order valence-electron chi connectivity index (χ0n) is 18.7. The molecule has 1 aromatic carbocycles. The molecule has 0 saturated carbocycles. The Morgan fingerprint density at radius 1 is 1.36 bits per heavy atom. The van der Waals surface area contributed by atoms with E-state index >= 15 is 0 Å². The van der Waals surface area contributed by atoms with Gasteiger partial charge in [0.2, 0.25) is 11.4 Å². The fraction of sp³-hybridized carbons (Fsp3) is 0.391. The second kappa shape index (κ2) is 8.55. The second-order valence-corrected chi connectivity index (χ2v) is 8.39. The monoisotopic (exact) mass is 473 g/mol. The predicted molar refractivity (Wildman–Crippen MR) is 121 cm³/mol. The standard InChI is InChI=1S/C23H24ClN3O6/c1-11-7-14(28)17(12(2)26-6-5-13-9-25-10-27-13)21(29)23(11)22(30)18-15(31-3)8-16(32-4)19(24)20(18)33-23/h8-11,29H,5-7H2,1-4H3,(H,25,27)/t11-,23+/m1/s1. The molecule has 0 bridgehead atoms. The molecule has 0 saturated heterocycles. The van der Waals surface area contributed by atoms with Crippen molar-refractivity contribution in [3.05, 3.63) is 46.2 Å². The molecular weight excluding hydrogens is 450 g/mol. The lowest BCUT2D eigenvalue weighted by Crippen LogP contribution is -2.53. The molecule has 2 heterocycles. The van der Waals surface area contributed by atoms with Gasteiger partial charge in [-0.3, -0.25) is 14.6 Å². The number of nitrogens with one attached hydrogen (secondary N) is 1. The summed E-state index contributed by atoms with van der Waals surface area (Å²) in [6.45, 7) is 3.67. The van der Waals surface area contributed by atoms with Crippen molar-refractivity contribution in [2.75, 3.05) is 20.8 Å². The molecule has 2 N–H and O–H groups in total. The highest BCUT2D eigenvalue weighted by atomic mass is 35.5. The third-order valence-electron chi connectivity index (χ3n) is 6.12. The fourth-order valence-corrected chi connectivity index (χ4v) is 4.64. The number of aliphatic imine (C=N–C) groups is 1. The molecule has 1 aliphatic heterocycles. The van der Waals surface area contributed by atoms with E-state index in [-0.39, 0.29) is 45.6 Å². The number of aromatic amines is 1. The zero-order chi connectivity index (χ0) is 23.9. The van der Waals surface area contributed by atoms with Crippen molar-refractivity contribution in [1.82, 2.24) is 9.97 Å². The van der Waals surface area contributed by atoms with E-state index in [0.717, 1.165) is 5.69 Å². The van der Waals surface area contributed by atoms with Crippen LogP contribution >= 0.6 is 11.6 Å². The first-order valence-electron chi connectivity index (χ1n) is 10.4. The molecule has 1 aromatic heterocycles. The number of carbonyl (C=O) groups excluding carboxylic acids is 2. The number of fused-ring (bicyclic) bond motifs is 1. The molecule has 1 spiro atoms. The Morgan fingerprint density at radius 2 is 2.09 bits per heavy atom.